The number of aryl methyl sites for hydroxylation is 2. The van der Waals surface area contributed by atoms with E-state index in [0.717, 1.165) is 17.1 Å². The molecule has 0 atom stereocenters. The summed E-state index contributed by atoms with van der Waals surface area (Å²) < 4.78 is 5.18. The van der Waals surface area contributed by atoms with Gasteiger partial charge in [0.15, 0.2) is 0 Å². The Hall–Kier alpha value is -2.04. The van der Waals surface area contributed by atoms with E-state index in [1.165, 1.54) is 5.56 Å². The summed E-state index contributed by atoms with van der Waals surface area (Å²) in [5, 5.41) is 10.4. The number of ether oxygens (including phenoxy) is 1. The molecule has 0 aliphatic carbocycles. The molecule has 0 aliphatic heterocycles. The topological polar surface area (TPSA) is 62.8 Å². The zero-order chi connectivity index (χ0) is 12.3. The van der Waals surface area contributed by atoms with Crippen molar-refractivity contribution in [3.8, 4) is 5.88 Å². The normalized spacial score (nSPS) is 10.3. The van der Waals surface area contributed by atoms with Gasteiger partial charge >= 0.3 is 0 Å². The maximum Gasteiger partial charge on any atom is 0.237 e. The maximum absolute atomic E-state index is 5.18. The number of nitrogens with one attached hydrogen (secondary N) is 2. The quantitative estimate of drug-likeness (QED) is 0.846. The van der Waals surface area contributed by atoms with Gasteiger partial charge in [0.05, 0.1) is 18.5 Å². The highest BCUT2D eigenvalue weighted by atomic mass is 16.5. The van der Waals surface area contributed by atoms with E-state index in [1.54, 1.807) is 13.3 Å². The van der Waals surface area contributed by atoms with Gasteiger partial charge in [0.2, 0.25) is 5.88 Å². The largest absolute Gasteiger partial charge is 0.480 e. The average molecular weight is 232 g/mol. The van der Waals surface area contributed by atoms with Crippen molar-refractivity contribution in [2.24, 2.45) is 0 Å². The summed E-state index contributed by atoms with van der Waals surface area (Å²) >= 11 is 0. The van der Waals surface area contributed by atoms with Crippen molar-refractivity contribution in [3.63, 3.8) is 0 Å². The smallest absolute Gasteiger partial charge is 0.237 e. The lowest BCUT2D eigenvalue weighted by atomic mass is 10.2. The summed E-state index contributed by atoms with van der Waals surface area (Å²) in [5.41, 5.74) is 4.15. The van der Waals surface area contributed by atoms with Crippen LogP contribution in [0.2, 0.25) is 0 Å². The first-order valence-corrected chi connectivity index (χ1v) is 5.45. The van der Waals surface area contributed by atoms with Crippen molar-refractivity contribution in [1.82, 2.24) is 15.2 Å². The highest BCUT2D eigenvalue weighted by Crippen LogP contribution is 2.21. The number of H-pyrrole nitrogens is 1. The first-order chi connectivity index (χ1) is 8.22. The van der Waals surface area contributed by atoms with Crippen LogP contribution in [0.3, 0.4) is 0 Å². The Labute approximate surface area is 100 Å². The molecular formula is C12H16N4O. The van der Waals surface area contributed by atoms with Crippen LogP contribution >= 0.6 is 0 Å². The number of rotatable bonds is 4. The number of aromatic amines is 1. The second-order valence-electron chi connectivity index (χ2n) is 3.83. The molecule has 2 aromatic rings. The van der Waals surface area contributed by atoms with Gasteiger partial charge in [0, 0.05) is 24.0 Å². The lowest BCUT2D eigenvalue weighted by molar-refractivity contribution is 0.399. The van der Waals surface area contributed by atoms with Crippen molar-refractivity contribution in [2.45, 2.75) is 20.4 Å². The number of hydrogen-bond donors (Lipinski definition) is 2. The Morgan fingerprint density at radius 2 is 2.24 bits per heavy atom. The van der Waals surface area contributed by atoms with Crippen LogP contribution < -0.4 is 10.1 Å². The Bertz CT molecular complexity index is 487. The number of nitrogens with zero attached hydrogens (tertiary/aromatic N) is 2. The third kappa shape index (κ3) is 2.38. The molecule has 0 aromatic carbocycles. The molecular weight excluding hydrogens is 216 g/mol. The molecule has 5 nitrogen and oxygen atoms in total. The molecule has 0 amide bonds. The van der Waals surface area contributed by atoms with E-state index >= 15 is 0 Å². The molecule has 90 valence electrons. The molecule has 2 aromatic heterocycles. The molecule has 2 rings (SSSR count). The highest BCUT2D eigenvalue weighted by Gasteiger charge is 2.07. The van der Waals surface area contributed by atoms with Crippen molar-refractivity contribution in [3.05, 3.63) is 35.3 Å². The Balaban J connectivity index is 2.12. The number of pyridine rings is 1. The molecule has 17 heavy (non-hydrogen) atoms. The molecule has 0 saturated carbocycles. The number of anilines is 1. The van der Waals surface area contributed by atoms with Crippen LogP contribution in [0, 0.1) is 13.8 Å². The molecule has 0 bridgehead atoms. The van der Waals surface area contributed by atoms with Crippen LogP contribution in [0.1, 0.15) is 17.0 Å². The fourth-order valence-electron chi connectivity index (χ4n) is 1.71. The van der Waals surface area contributed by atoms with E-state index < -0.39 is 0 Å². The second-order valence-corrected chi connectivity index (χ2v) is 3.83. The van der Waals surface area contributed by atoms with Crippen LogP contribution in [-0.4, -0.2) is 22.3 Å². The van der Waals surface area contributed by atoms with Crippen LogP contribution in [-0.2, 0) is 6.54 Å². The minimum atomic E-state index is 0.603. The Morgan fingerprint density at radius 3 is 2.88 bits per heavy atom. The van der Waals surface area contributed by atoms with Crippen molar-refractivity contribution < 1.29 is 4.74 Å². The Kier molecular flexibility index (Phi) is 3.27. The minimum absolute atomic E-state index is 0.603. The number of methoxy groups -OCH3 is 1. The number of aromatic nitrogens is 3. The monoisotopic (exact) mass is 232 g/mol. The molecule has 0 spiro atoms. The van der Waals surface area contributed by atoms with Crippen molar-refractivity contribution in [1.29, 1.82) is 0 Å². The molecule has 2 heterocycles. The maximum atomic E-state index is 5.18. The average Bonchev–Trinajstić information content (AvgIpc) is 2.67. The molecule has 5 heteroatoms. The van der Waals surface area contributed by atoms with E-state index in [4.69, 9.17) is 4.74 Å². The zero-order valence-corrected chi connectivity index (χ0v) is 10.2. The van der Waals surface area contributed by atoms with E-state index in [2.05, 4.69) is 20.5 Å². The van der Waals surface area contributed by atoms with E-state index in [1.807, 2.05) is 26.0 Å². The van der Waals surface area contributed by atoms with Gasteiger partial charge in [-0.05, 0) is 26.0 Å². The first-order valence-electron chi connectivity index (χ1n) is 5.45. The van der Waals surface area contributed by atoms with E-state index in [-0.39, 0.29) is 0 Å². The van der Waals surface area contributed by atoms with Crippen molar-refractivity contribution in [2.75, 3.05) is 12.4 Å². The van der Waals surface area contributed by atoms with E-state index in [0.29, 0.717) is 12.4 Å². The summed E-state index contributed by atoms with van der Waals surface area (Å²) in [6.07, 6.45) is 1.71. The standard InChI is InChI=1S/C12H16N4O/c1-8-10(9(2)16-15-8)7-14-11-5-4-6-13-12(11)17-3/h4-6,14H,7H2,1-3H3,(H,15,16). The third-order valence-corrected chi connectivity index (χ3v) is 2.70. The predicted molar refractivity (Wildman–Crippen MR) is 66.2 cm³/mol. The summed E-state index contributed by atoms with van der Waals surface area (Å²) in [7, 11) is 1.61. The Morgan fingerprint density at radius 1 is 1.41 bits per heavy atom. The summed E-state index contributed by atoms with van der Waals surface area (Å²) in [6, 6.07) is 3.82. The predicted octanol–water partition coefficient (Wildman–Crippen LogP) is 2.04. The molecule has 0 saturated heterocycles. The molecule has 0 unspecified atom stereocenters. The second kappa shape index (κ2) is 4.86. The van der Waals surface area contributed by atoms with Gasteiger partial charge < -0.3 is 10.1 Å². The van der Waals surface area contributed by atoms with Crippen LogP contribution in [0.4, 0.5) is 5.69 Å². The molecule has 0 fully saturated rings. The van der Waals surface area contributed by atoms with Crippen LogP contribution in [0.5, 0.6) is 5.88 Å². The van der Waals surface area contributed by atoms with Gasteiger partial charge in [-0.15, -0.1) is 0 Å². The summed E-state index contributed by atoms with van der Waals surface area (Å²) in [4.78, 5) is 4.13. The lowest BCUT2D eigenvalue weighted by Gasteiger charge is -2.09. The van der Waals surface area contributed by atoms with Gasteiger partial charge in [-0.25, -0.2) is 4.98 Å². The fourth-order valence-corrected chi connectivity index (χ4v) is 1.71. The van der Waals surface area contributed by atoms with Gasteiger partial charge in [0.25, 0.3) is 0 Å². The van der Waals surface area contributed by atoms with E-state index in [9.17, 15) is 0 Å². The fraction of sp³-hybridized carbons (Fsp3) is 0.333. The van der Waals surface area contributed by atoms with Gasteiger partial charge in [-0.1, -0.05) is 0 Å². The lowest BCUT2D eigenvalue weighted by Crippen LogP contribution is -2.03. The van der Waals surface area contributed by atoms with Gasteiger partial charge in [-0.3, -0.25) is 5.10 Å². The third-order valence-electron chi connectivity index (χ3n) is 2.70. The summed E-state index contributed by atoms with van der Waals surface area (Å²) in [5.74, 6) is 0.603. The molecule has 2 N–H and O–H groups in total. The van der Waals surface area contributed by atoms with Crippen LogP contribution in [0.25, 0.3) is 0 Å². The van der Waals surface area contributed by atoms with Crippen molar-refractivity contribution >= 4 is 5.69 Å². The molecule has 0 radical (unpaired) electrons. The number of hydrogen-bond acceptors (Lipinski definition) is 4. The highest BCUT2D eigenvalue weighted by molar-refractivity contribution is 5.52. The SMILES string of the molecule is COc1ncccc1NCc1c(C)n[nH]c1C. The van der Waals surface area contributed by atoms with Gasteiger partial charge in [0.1, 0.15) is 0 Å². The van der Waals surface area contributed by atoms with Gasteiger partial charge in [-0.2, -0.15) is 5.10 Å². The first kappa shape index (κ1) is 11.4. The van der Waals surface area contributed by atoms with Crippen LogP contribution in [0.15, 0.2) is 18.3 Å². The summed E-state index contributed by atoms with van der Waals surface area (Å²) in [6.45, 7) is 4.70. The zero-order valence-electron chi connectivity index (χ0n) is 10.2. The minimum Gasteiger partial charge on any atom is -0.480 e. The molecule has 0 aliphatic rings.